The minimum Gasteiger partial charge on any atom is -0.377 e. The summed E-state index contributed by atoms with van der Waals surface area (Å²) >= 11 is 0. The van der Waals surface area contributed by atoms with E-state index in [1.54, 1.807) is 0 Å². The van der Waals surface area contributed by atoms with E-state index in [2.05, 4.69) is 4.90 Å². The zero-order valence-corrected chi connectivity index (χ0v) is 12.0. The molecule has 21 heavy (non-hydrogen) atoms. The largest absolute Gasteiger partial charge is 0.377 e. The Morgan fingerprint density at radius 2 is 1.33 bits per heavy atom. The molecule has 0 saturated carbocycles. The molecule has 1 aliphatic rings. The molecule has 2 nitrogen and oxygen atoms in total. The molecule has 0 radical (unpaired) electrons. The van der Waals surface area contributed by atoms with Crippen molar-refractivity contribution in [1.29, 1.82) is 0 Å². The number of carbonyl (C=O) groups is 1. The Labute approximate surface area is 125 Å². The average Bonchev–Trinajstić information content (AvgIpc) is 3.07. The van der Waals surface area contributed by atoms with Crippen molar-refractivity contribution in [1.82, 2.24) is 4.90 Å². The number of benzene rings is 2. The van der Waals surface area contributed by atoms with Crippen LogP contribution in [0.4, 0.5) is 0 Å². The van der Waals surface area contributed by atoms with Crippen molar-refractivity contribution in [3.8, 4) is 0 Å². The molecule has 0 aliphatic carbocycles. The van der Waals surface area contributed by atoms with Gasteiger partial charge < -0.3 is 4.90 Å². The third-order valence-electron chi connectivity index (χ3n) is 3.82. The predicted molar refractivity (Wildman–Crippen MR) is 86.0 cm³/mol. The van der Waals surface area contributed by atoms with Crippen LogP contribution in [0.3, 0.4) is 0 Å². The van der Waals surface area contributed by atoms with Gasteiger partial charge in [-0.2, -0.15) is 0 Å². The van der Waals surface area contributed by atoms with E-state index in [-0.39, 0.29) is 5.78 Å². The zero-order valence-electron chi connectivity index (χ0n) is 12.0. The summed E-state index contributed by atoms with van der Waals surface area (Å²) in [6.07, 6.45) is 4.45. The number of hydrogen-bond donors (Lipinski definition) is 0. The van der Waals surface area contributed by atoms with Crippen molar-refractivity contribution >= 4 is 11.4 Å². The Hall–Kier alpha value is -2.35. The summed E-state index contributed by atoms with van der Waals surface area (Å²) in [5.41, 5.74) is 2.51. The van der Waals surface area contributed by atoms with Crippen molar-refractivity contribution in [2.45, 2.75) is 12.8 Å². The molecule has 0 atom stereocenters. The van der Waals surface area contributed by atoms with E-state index in [4.69, 9.17) is 0 Å². The van der Waals surface area contributed by atoms with Crippen molar-refractivity contribution < 1.29 is 4.79 Å². The second-order valence-corrected chi connectivity index (χ2v) is 5.35. The van der Waals surface area contributed by atoms with Gasteiger partial charge in [0.25, 0.3) is 0 Å². The molecule has 0 amide bonds. The highest BCUT2D eigenvalue weighted by Gasteiger charge is 2.17. The van der Waals surface area contributed by atoms with Gasteiger partial charge in [-0.15, -0.1) is 0 Å². The summed E-state index contributed by atoms with van der Waals surface area (Å²) in [5, 5.41) is 0. The summed E-state index contributed by atoms with van der Waals surface area (Å²) in [6, 6.07) is 19.4. The monoisotopic (exact) mass is 277 g/mol. The topological polar surface area (TPSA) is 20.3 Å². The summed E-state index contributed by atoms with van der Waals surface area (Å²) in [4.78, 5) is 15.1. The minimum atomic E-state index is 0.0914. The maximum absolute atomic E-state index is 12.8. The Balaban J connectivity index is 1.98. The SMILES string of the molecule is O=C(/C(=C/N1CCCC1)c1ccccc1)c1ccccc1. The summed E-state index contributed by atoms with van der Waals surface area (Å²) in [7, 11) is 0. The lowest BCUT2D eigenvalue weighted by atomic mass is 9.97. The molecule has 2 aromatic rings. The molecule has 1 heterocycles. The van der Waals surface area contributed by atoms with Crippen LogP contribution < -0.4 is 0 Å². The molecule has 106 valence electrons. The quantitative estimate of drug-likeness (QED) is 0.622. The molecule has 1 fully saturated rings. The Bertz CT molecular complexity index is 625. The van der Waals surface area contributed by atoms with Crippen LogP contribution in [0.5, 0.6) is 0 Å². The summed E-state index contributed by atoms with van der Waals surface area (Å²) in [6.45, 7) is 2.08. The van der Waals surface area contributed by atoms with Crippen LogP contribution in [-0.4, -0.2) is 23.8 Å². The minimum absolute atomic E-state index is 0.0914. The molecular weight excluding hydrogens is 258 g/mol. The van der Waals surface area contributed by atoms with Gasteiger partial charge in [0.15, 0.2) is 5.78 Å². The highest BCUT2D eigenvalue weighted by Crippen LogP contribution is 2.22. The van der Waals surface area contributed by atoms with Crippen LogP contribution in [0.25, 0.3) is 5.57 Å². The highest BCUT2D eigenvalue weighted by molar-refractivity contribution is 6.28. The van der Waals surface area contributed by atoms with Crippen LogP contribution in [0.15, 0.2) is 66.9 Å². The van der Waals surface area contributed by atoms with Gasteiger partial charge >= 0.3 is 0 Å². The standard InChI is InChI=1S/C19H19NO/c21-19(17-11-5-2-6-12-17)18(15-20-13-7-8-14-20)16-9-3-1-4-10-16/h1-6,9-12,15H,7-8,13-14H2/b18-15+. The molecular formula is C19H19NO. The maximum atomic E-state index is 12.8. The number of carbonyl (C=O) groups excluding carboxylic acids is 1. The van der Waals surface area contributed by atoms with Gasteiger partial charge in [-0.05, 0) is 18.4 Å². The lowest BCUT2D eigenvalue weighted by Gasteiger charge is -2.15. The number of ketones is 1. The fourth-order valence-electron chi connectivity index (χ4n) is 2.68. The summed E-state index contributed by atoms with van der Waals surface area (Å²) < 4.78 is 0. The van der Waals surface area contributed by atoms with Crippen LogP contribution in [0, 0.1) is 0 Å². The van der Waals surface area contributed by atoms with E-state index in [0.29, 0.717) is 0 Å². The Morgan fingerprint density at radius 1 is 0.810 bits per heavy atom. The lowest BCUT2D eigenvalue weighted by molar-refractivity contribution is 0.105. The molecule has 3 rings (SSSR count). The zero-order chi connectivity index (χ0) is 14.5. The van der Waals surface area contributed by atoms with Gasteiger partial charge in [-0.1, -0.05) is 60.7 Å². The third kappa shape index (κ3) is 3.22. The molecule has 0 spiro atoms. The maximum Gasteiger partial charge on any atom is 0.195 e. The number of allylic oxidation sites excluding steroid dienone is 1. The predicted octanol–water partition coefficient (Wildman–Crippen LogP) is 4.01. The molecule has 2 heteroatoms. The van der Waals surface area contributed by atoms with E-state index in [1.807, 2.05) is 66.9 Å². The van der Waals surface area contributed by atoms with Crippen molar-refractivity contribution in [2.24, 2.45) is 0 Å². The van der Waals surface area contributed by atoms with Gasteiger partial charge in [0.05, 0.1) is 0 Å². The fourth-order valence-corrected chi connectivity index (χ4v) is 2.68. The van der Waals surface area contributed by atoms with E-state index in [0.717, 1.165) is 29.8 Å². The van der Waals surface area contributed by atoms with E-state index < -0.39 is 0 Å². The molecule has 2 aromatic carbocycles. The number of rotatable bonds is 4. The second-order valence-electron chi connectivity index (χ2n) is 5.35. The van der Waals surface area contributed by atoms with Gasteiger partial charge in [0.1, 0.15) is 0 Å². The average molecular weight is 277 g/mol. The molecule has 0 aromatic heterocycles. The molecule has 0 N–H and O–H groups in total. The number of hydrogen-bond acceptors (Lipinski definition) is 2. The fraction of sp³-hybridized carbons (Fsp3) is 0.211. The number of Topliss-reactive ketones (excluding diaryl/α,β-unsaturated/α-hetero) is 1. The van der Waals surface area contributed by atoms with Crippen molar-refractivity contribution in [3.05, 3.63) is 78.0 Å². The smallest absolute Gasteiger partial charge is 0.195 e. The molecule has 1 saturated heterocycles. The number of nitrogens with zero attached hydrogens (tertiary/aromatic N) is 1. The Morgan fingerprint density at radius 3 is 1.90 bits per heavy atom. The normalized spacial score (nSPS) is 15.2. The first-order valence-electron chi connectivity index (χ1n) is 7.45. The van der Waals surface area contributed by atoms with Gasteiger partial charge in [0, 0.05) is 30.4 Å². The van der Waals surface area contributed by atoms with Crippen LogP contribution in [0.2, 0.25) is 0 Å². The van der Waals surface area contributed by atoms with Crippen molar-refractivity contribution in [3.63, 3.8) is 0 Å². The van der Waals surface area contributed by atoms with Crippen molar-refractivity contribution in [2.75, 3.05) is 13.1 Å². The van der Waals surface area contributed by atoms with Gasteiger partial charge in [-0.25, -0.2) is 0 Å². The van der Waals surface area contributed by atoms with Gasteiger partial charge in [0.2, 0.25) is 0 Å². The first-order valence-corrected chi connectivity index (χ1v) is 7.45. The van der Waals surface area contributed by atoms with Gasteiger partial charge in [-0.3, -0.25) is 4.79 Å². The lowest BCUT2D eigenvalue weighted by Crippen LogP contribution is -2.14. The molecule has 1 aliphatic heterocycles. The molecule has 0 unspecified atom stereocenters. The first-order chi connectivity index (χ1) is 10.3. The van der Waals surface area contributed by atoms with E-state index in [9.17, 15) is 4.79 Å². The Kier molecular flexibility index (Phi) is 4.15. The number of likely N-dealkylation sites (tertiary alicyclic amines) is 1. The highest BCUT2D eigenvalue weighted by atomic mass is 16.1. The van der Waals surface area contributed by atoms with E-state index >= 15 is 0 Å². The first kappa shape index (κ1) is 13.6. The third-order valence-corrected chi connectivity index (χ3v) is 3.82. The molecule has 0 bridgehead atoms. The van der Waals surface area contributed by atoms with Crippen LogP contribution in [0.1, 0.15) is 28.8 Å². The summed E-state index contributed by atoms with van der Waals surface area (Å²) in [5.74, 6) is 0.0914. The van der Waals surface area contributed by atoms with E-state index in [1.165, 1.54) is 12.8 Å². The van der Waals surface area contributed by atoms with Crippen LogP contribution >= 0.6 is 0 Å². The second kappa shape index (κ2) is 6.40. The van der Waals surface area contributed by atoms with Crippen LogP contribution in [-0.2, 0) is 0 Å².